The first kappa shape index (κ1) is 37.7. The van der Waals surface area contributed by atoms with Crippen LogP contribution in [-0.2, 0) is 32.6 Å². The second kappa shape index (κ2) is 17.0. The van der Waals surface area contributed by atoms with E-state index in [0.717, 1.165) is 9.87 Å². The SMILES string of the molecule is CCNC(=O)C(Cc1ccccc1)N(Cc1ccc(Cl)c(Cl)c1)C(=O)CN(c1cc(Cl)ccc1OC)S(=O)(=O)c1ccc(OC)c(OC)c1. The lowest BCUT2D eigenvalue weighted by Gasteiger charge is -2.34. The van der Waals surface area contributed by atoms with Gasteiger partial charge in [0.05, 0.1) is 42.0 Å². The van der Waals surface area contributed by atoms with Crippen molar-refractivity contribution in [1.29, 1.82) is 0 Å². The summed E-state index contributed by atoms with van der Waals surface area (Å²) in [6, 6.07) is 21.5. The van der Waals surface area contributed by atoms with Crippen LogP contribution < -0.4 is 23.8 Å². The molecule has 10 nitrogen and oxygen atoms in total. The normalized spacial score (nSPS) is 11.7. The Hall–Kier alpha value is -4.16. The molecule has 0 saturated carbocycles. The number of methoxy groups -OCH3 is 3. The maximum atomic E-state index is 14.7. The number of carbonyl (C=O) groups excluding carboxylic acids is 2. The van der Waals surface area contributed by atoms with E-state index in [1.165, 1.54) is 62.6 Å². The molecule has 4 aromatic rings. The predicted molar refractivity (Wildman–Crippen MR) is 192 cm³/mol. The van der Waals surface area contributed by atoms with Crippen LogP contribution in [0.5, 0.6) is 17.2 Å². The molecule has 0 aliphatic carbocycles. The van der Waals surface area contributed by atoms with Crippen LogP contribution in [0.25, 0.3) is 0 Å². The molecule has 0 heterocycles. The van der Waals surface area contributed by atoms with Gasteiger partial charge in [0.1, 0.15) is 18.3 Å². The van der Waals surface area contributed by atoms with Crippen LogP contribution in [0.3, 0.4) is 0 Å². The fourth-order valence-electron chi connectivity index (χ4n) is 5.16. The van der Waals surface area contributed by atoms with E-state index in [0.29, 0.717) is 22.9 Å². The highest BCUT2D eigenvalue weighted by atomic mass is 35.5. The van der Waals surface area contributed by atoms with Crippen LogP contribution in [0.1, 0.15) is 18.1 Å². The summed E-state index contributed by atoms with van der Waals surface area (Å²) >= 11 is 18.9. The zero-order valence-electron chi connectivity index (χ0n) is 27.3. The molecule has 1 unspecified atom stereocenters. The number of nitrogens with one attached hydrogen (secondary N) is 1. The Balaban J connectivity index is 1.89. The topological polar surface area (TPSA) is 114 Å². The molecule has 1 N–H and O–H groups in total. The second-order valence-electron chi connectivity index (χ2n) is 10.7. The number of rotatable bonds is 15. The van der Waals surface area contributed by atoms with E-state index in [-0.39, 0.29) is 45.1 Å². The Morgan fingerprint density at radius 1 is 0.776 bits per heavy atom. The first-order chi connectivity index (χ1) is 23.4. The molecule has 4 rings (SSSR count). The number of likely N-dealkylation sites (N-methyl/N-ethyl adjacent to an activating group) is 1. The first-order valence-corrected chi connectivity index (χ1v) is 17.6. The molecular weight excluding hydrogens is 713 g/mol. The van der Waals surface area contributed by atoms with Gasteiger partial charge in [0.2, 0.25) is 11.8 Å². The maximum absolute atomic E-state index is 14.7. The first-order valence-electron chi connectivity index (χ1n) is 15.1. The van der Waals surface area contributed by atoms with E-state index in [4.69, 9.17) is 49.0 Å². The quantitative estimate of drug-likeness (QED) is 0.145. The van der Waals surface area contributed by atoms with Crippen LogP contribution in [0.4, 0.5) is 5.69 Å². The molecule has 0 spiro atoms. The van der Waals surface area contributed by atoms with Crippen LogP contribution in [-0.4, -0.2) is 65.6 Å². The van der Waals surface area contributed by atoms with Crippen molar-refractivity contribution >= 4 is 62.3 Å². The van der Waals surface area contributed by atoms with Gasteiger partial charge in [-0.25, -0.2) is 8.42 Å². The van der Waals surface area contributed by atoms with E-state index in [2.05, 4.69) is 5.32 Å². The van der Waals surface area contributed by atoms with Crippen molar-refractivity contribution in [1.82, 2.24) is 10.2 Å². The predicted octanol–water partition coefficient (Wildman–Crippen LogP) is 6.64. The third kappa shape index (κ3) is 9.10. The maximum Gasteiger partial charge on any atom is 0.265 e. The van der Waals surface area contributed by atoms with Gasteiger partial charge in [-0.3, -0.25) is 13.9 Å². The number of carbonyl (C=O) groups is 2. The molecule has 0 saturated heterocycles. The van der Waals surface area contributed by atoms with Gasteiger partial charge in [-0.05, 0) is 60.5 Å². The minimum Gasteiger partial charge on any atom is -0.495 e. The molecule has 49 heavy (non-hydrogen) atoms. The highest BCUT2D eigenvalue weighted by Gasteiger charge is 2.36. The molecule has 0 fully saturated rings. The number of sulfonamides is 1. The number of nitrogens with zero attached hydrogens (tertiary/aromatic N) is 2. The Bertz CT molecular complexity index is 1900. The zero-order valence-corrected chi connectivity index (χ0v) is 30.4. The lowest BCUT2D eigenvalue weighted by molar-refractivity contribution is -0.140. The third-order valence-corrected chi connectivity index (χ3v) is 10.3. The van der Waals surface area contributed by atoms with E-state index >= 15 is 0 Å². The summed E-state index contributed by atoms with van der Waals surface area (Å²) < 4.78 is 46.1. The standard InChI is InChI=1S/C35H36Cl3N3O7S/c1-5-39-35(43)30(18-23-9-7-6-8-10-23)40(21-24-11-14-27(37)28(38)17-24)34(42)22-41(29-19-25(36)12-15-31(29)46-2)49(44,45)26-13-16-32(47-3)33(20-26)48-4/h6-17,19-20,30H,5,18,21-22H2,1-4H3,(H,39,43). The summed E-state index contributed by atoms with van der Waals surface area (Å²) in [6.45, 7) is 1.24. The fraction of sp³-hybridized carbons (Fsp3) is 0.257. The van der Waals surface area contributed by atoms with Crippen LogP contribution in [0.15, 0.2) is 89.8 Å². The highest BCUT2D eigenvalue weighted by molar-refractivity contribution is 7.92. The third-order valence-electron chi connectivity index (χ3n) is 7.59. The van der Waals surface area contributed by atoms with Gasteiger partial charge in [0.15, 0.2) is 11.5 Å². The summed E-state index contributed by atoms with van der Waals surface area (Å²) in [5.41, 5.74) is 1.36. The molecule has 4 aromatic carbocycles. The molecule has 0 bridgehead atoms. The van der Waals surface area contributed by atoms with Gasteiger partial charge in [-0.15, -0.1) is 0 Å². The average Bonchev–Trinajstić information content (AvgIpc) is 3.10. The molecule has 0 aromatic heterocycles. The van der Waals surface area contributed by atoms with Gasteiger partial charge >= 0.3 is 0 Å². The number of amides is 2. The lowest BCUT2D eigenvalue weighted by Crippen LogP contribution is -2.53. The molecular formula is C35H36Cl3N3O7S. The largest absolute Gasteiger partial charge is 0.495 e. The number of hydrogen-bond donors (Lipinski definition) is 1. The highest BCUT2D eigenvalue weighted by Crippen LogP contribution is 2.37. The minimum absolute atomic E-state index is 0.00485. The average molecular weight is 749 g/mol. The number of halogens is 3. The van der Waals surface area contributed by atoms with Crippen LogP contribution in [0, 0.1) is 0 Å². The Labute approximate surface area is 301 Å². The number of hydrogen-bond acceptors (Lipinski definition) is 7. The van der Waals surface area contributed by atoms with Crippen molar-refractivity contribution in [3.63, 3.8) is 0 Å². The van der Waals surface area contributed by atoms with Crippen LogP contribution in [0.2, 0.25) is 15.1 Å². The molecule has 14 heteroatoms. The van der Waals surface area contributed by atoms with Crippen molar-refractivity contribution in [3.05, 3.63) is 111 Å². The number of anilines is 1. The Morgan fingerprint density at radius 2 is 1.45 bits per heavy atom. The summed E-state index contributed by atoms with van der Waals surface area (Å²) in [5, 5.41) is 3.59. The number of benzene rings is 4. The molecule has 0 radical (unpaired) electrons. The van der Waals surface area contributed by atoms with Gasteiger partial charge in [-0.1, -0.05) is 71.2 Å². The van der Waals surface area contributed by atoms with Gasteiger partial charge in [0.25, 0.3) is 10.0 Å². The molecule has 1 atom stereocenters. The molecule has 0 aliphatic rings. The second-order valence-corrected chi connectivity index (χ2v) is 13.8. The van der Waals surface area contributed by atoms with Crippen molar-refractivity contribution in [2.45, 2.75) is 30.8 Å². The van der Waals surface area contributed by atoms with Crippen molar-refractivity contribution in [3.8, 4) is 17.2 Å². The smallest absolute Gasteiger partial charge is 0.265 e. The molecule has 260 valence electrons. The number of ether oxygens (including phenoxy) is 3. The van der Waals surface area contributed by atoms with E-state index in [1.54, 1.807) is 25.1 Å². The van der Waals surface area contributed by atoms with Gasteiger partial charge in [0, 0.05) is 30.6 Å². The zero-order chi connectivity index (χ0) is 35.7. The van der Waals surface area contributed by atoms with E-state index in [1.807, 2.05) is 30.3 Å². The van der Waals surface area contributed by atoms with Crippen molar-refractivity contribution < 1.29 is 32.2 Å². The van der Waals surface area contributed by atoms with E-state index < -0.39 is 34.4 Å². The summed E-state index contributed by atoms with van der Waals surface area (Å²) in [6.07, 6.45) is 0.142. The van der Waals surface area contributed by atoms with Crippen molar-refractivity contribution in [2.75, 3.05) is 38.7 Å². The minimum atomic E-state index is -4.52. The fourth-order valence-corrected chi connectivity index (χ4v) is 7.08. The lowest BCUT2D eigenvalue weighted by atomic mass is 10.0. The monoisotopic (exact) mass is 747 g/mol. The van der Waals surface area contributed by atoms with E-state index in [9.17, 15) is 18.0 Å². The Morgan fingerprint density at radius 3 is 2.08 bits per heavy atom. The van der Waals surface area contributed by atoms with Crippen LogP contribution >= 0.6 is 34.8 Å². The Kier molecular flexibility index (Phi) is 13.0. The van der Waals surface area contributed by atoms with Gasteiger partial charge < -0.3 is 24.4 Å². The summed E-state index contributed by atoms with van der Waals surface area (Å²) in [5.74, 6) is -0.503. The molecule has 0 aliphatic heterocycles. The summed E-state index contributed by atoms with van der Waals surface area (Å²) in [7, 11) is -0.338. The summed E-state index contributed by atoms with van der Waals surface area (Å²) in [4.78, 5) is 29.5. The van der Waals surface area contributed by atoms with Gasteiger partial charge in [-0.2, -0.15) is 0 Å². The molecule has 2 amide bonds. The van der Waals surface area contributed by atoms with Crippen molar-refractivity contribution in [2.24, 2.45) is 0 Å².